The number of aromatic amines is 1. The van der Waals surface area contributed by atoms with Gasteiger partial charge < -0.3 is 25.8 Å². The zero-order valence-electron chi connectivity index (χ0n) is 12.1. The number of aliphatic hydroxyl groups is 3. The number of nitrogens with one attached hydrogen (secondary N) is 1. The van der Waals surface area contributed by atoms with Crippen molar-refractivity contribution in [2.24, 2.45) is 7.05 Å². The van der Waals surface area contributed by atoms with Crippen LogP contribution in [0.25, 0.3) is 11.2 Å². The molecule has 3 heterocycles. The number of aromatic nitrogens is 4. The first-order chi connectivity index (χ1) is 10.3. The Labute approximate surface area is 124 Å². The van der Waals surface area contributed by atoms with Gasteiger partial charge in [0.2, 0.25) is 11.7 Å². The maximum Gasteiger partial charge on any atom is 0.313 e. The Bertz CT molecular complexity index is 782. The lowest BCUT2D eigenvalue weighted by atomic mass is 9.96. The van der Waals surface area contributed by atoms with E-state index in [1.165, 1.54) is 22.4 Å². The Morgan fingerprint density at radius 2 is 2.32 bits per heavy atom. The number of ether oxygens (including phenoxy) is 1. The molecule has 1 fully saturated rings. The van der Waals surface area contributed by atoms with Crippen LogP contribution < -0.4 is 15.9 Å². The number of H-pyrrole nitrogens is 1. The van der Waals surface area contributed by atoms with E-state index in [9.17, 15) is 20.1 Å². The fourth-order valence-electron chi connectivity index (χ4n) is 2.83. The average molecular weight is 312 g/mol. The second-order valence-corrected chi connectivity index (χ2v) is 5.64. The third kappa shape index (κ3) is 1.92. The minimum atomic E-state index is -1.68. The van der Waals surface area contributed by atoms with Crippen molar-refractivity contribution in [1.82, 2.24) is 14.5 Å². The van der Waals surface area contributed by atoms with E-state index >= 15 is 0 Å². The molecule has 1 unspecified atom stereocenters. The van der Waals surface area contributed by atoms with Gasteiger partial charge in [0, 0.05) is 0 Å². The number of hydrogen-bond acceptors (Lipinski definition) is 7. The van der Waals surface area contributed by atoms with Gasteiger partial charge in [0.25, 0.3) is 11.5 Å². The molecule has 120 valence electrons. The number of aliphatic hydroxyl groups excluding tert-OH is 2. The van der Waals surface area contributed by atoms with Crippen molar-refractivity contribution in [3.63, 3.8) is 0 Å². The second-order valence-electron chi connectivity index (χ2n) is 5.64. The van der Waals surface area contributed by atoms with Crippen molar-refractivity contribution in [1.29, 1.82) is 0 Å². The summed E-state index contributed by atoms with van der Waals surface area (Å²) in [6.07, 6.45) is -1.75. The molecule has 0 aromatic carbocycles. The van der Waals surface area contributed by atoms with Crippen LogP contribution in [0, 0.1) is 0 Å². The van der Waals surface area contributed by atoms with Gasteiger partial charge in [-0.2, -0.15) is 0 Å². The largest absolute Gasteiger partial charge is 0.394 e. The summed E-state index contributed by atoms with van der Waals surface area (Å²) in [5, 5.41) is 29.8. The van der Waals surface area contributed by atoms with Gasteiger partial charge >= 0.3 is 5.65 Å². The Kier molecular flexibility index (Phi) is 3.22. The van der Waals surface area contributed by atoms with Crippen LogP contribution in [0.3, 0.4) is 0 Å². The van der Waals surface area contributed by atoms with Crippen LogP contribution in [-0.2, 0) is 11.8 Å². The van der Waals surface area contributed by atoms with Crippen molar-refractivity contribution in [2.45, 2.75) is 31.0 Å². The van der Waals surface area contributed by atoms with Crippen LogP contribution in [-0.4, -0.2) is 54.3 Å². The SMILES string of the molecule is Cn1c[n+]([C@@H]2O[C@H](CO)[C@H](O)C2(C)O)c2nc(N)[nH]c(=O)c21. The zero-order valence-corrected chi connectivity index (χ0v) is 12.1. The van der Waals surface area contributed by atoms with Crippen LogP contribution in [0.4, 0.5) is 5.95 Å². The predicted molar refractivity (Wildman–Crippen MR) is 73.6 cm³/mol. The van der Waals surface area contributed by atoms with Crippen molar-refractivity contribution in [3.05, 3.63) is 16.7 Å². The fraction of sp³-hybridized carbons (Fsp3) is 0.583. The van der Waals surface area contributed by atoms with E-state index in [1.807, 2.05) is 0 Å². The third-order valence-corrected chi connectivity index (χ3v) is 3.98. The van der Waals surface area contributed by atoms with Crippen LogP contribution in [0.2, 0.25) is 0 Å². The Morgan fingerprint density at radius 1 is 1.64 bits per heavy atom. The van der Waals surface area contributed by atoms with Gasteiger partial charge in [-0.05, 0) is 6.92 Å². The van der Waals surface area contributed by atoms with E-state index in [-0.39, 0.29) is 17.1 Å². The van der Waals surface area contributed by atoms with Gasteiger partial charge in [0.05, 0.1) is 13.7 Å². The number of rotatable bonds is 2. The van der Waals surface area contributed by atoms with E-state index in [0.717, 1.165) is 0 Å². The van der Waals surface area contributed by atoms with Gasteiger partial charge in [-0.3, -0.25) is 14.3 Å². The number of nitrogens with zero attached hydrogens (tertiary/aromatic N) is 3. The van der Waals surface area contributed by atoms with Crippen molar-refractivity contribution in [2.75, 3.05) is 12.3 Å². The van der Waals surface area contributed by atoms with Crippen LogP contribution in [0.5, 0.6) is 0 Å². The highest BCUT2D eigenvalue weighted by molar-refractivity contribution is 5.67. The molecular formula is C12H18N5O5+. The van der Waals surface area contributed by atoms with E-state index in [4.69, 9.17) is 10.5 Å². The maximum atomic E-state index is 12.0. The van der Waals surface area contributed by atoms with Crippen LogP contribution in [0.15, 0.2) is 11.1 Å². The number of nitrogen functional groups attached to an aromatic ring is 1. The minimum Gasteiger partial charge on any atom is -0.394 e. The van der Waals surface area contributed by atoms with Gasteiger partial charge in [0.1, 0.15) is 17.8 Å². The molecule has 10 heteroatoms. The molecule has 22 heavy (non-hydrogen) atoms. The molecule has 1 aliphatic rings. The summed E-state index contributed by atoms with van der Waals surface area (Å²) in [5.74, 6) is -0.0747. The fourth-order valence-corrected chi connectivity index (χ4v) is 2.83. The molecule has 3 rings (SSSR count). The van der Waals surface area contributed by atoms with E-state index in [0.29, 0.717) is 0 Å². The summed E-state index contributed by atoms with van der Waals surface area (Å²) in [4.78, 5) is 18.5. The summed E-state index contributed by atoms with van der Waals surface area (Å²) in [7, 11) is 1.63. The van der Waals surface area contributed by atoms with Crippen molar-refractivity contribution in [3.8, 4) is 0 Å². The highest BCUT2D eigenvalue weighted by Gasteiger charge is 2.55. The lowest BCUT2D eigenvalue weighted by Crippen LogP contribution is -2.53. The normalized spacial score (nSPS) is 32.0. The van der Waals surface area contributed by atoms with Gasteiger partial charge in [-0.1, -0.05) is 4.98 Å². The molecule has 0 radical (unpaired) electrons. The first-order valence-corrected chi connectivity index (χ1v) is 6.70. The molecule has 2 aromatic heterocycles. The maximum absolute atomic E-state index is 12.0. The summed E-state index contributed by atoms with van der Waals surface area (Å²) in [6.45, 7) is 0.940. The molecule has 10 nitrogen and oxygen atoms in total. The molecule has 1 saturated heterocycles. The van der Waals surface area contributed by atoms with Gasteiger partial charge in [-0.15, -0.1) is 0 Å². The van der Waals surface area contributed by atoms with Gasteiger partial charge in [-0.25, -0.2) is 4.57 Å². The minimum absolute atomic E-state index is 0.0747. The van der Waals surface area contributed by atoms with Crippen LogP contribution in [0.1, 0.15) is 13.2 Å². The molecule has 1 aliphatic heterocycles. The summed E-state index contributed by atoms with van der Waals surface area (Å²) >= 11 is 0. The molecule has 0 saturated carbocycles. The quantitative estimate of drug-likeness (QED) is 0.374. The smallest absolute Gasteiger partial charge is 0.313 e. The molecule has 6 N–H and O–H groups in total. The Balaban J connectivity index is 2.21. The van der Waals surface area contributed by atoms with Crippen LogP contribution >= 0.6 is 0 Å². The molecule has 0 amide bonds. The highest BCUT2D eigenvalue weighted by Crippen LogP contribution is 2.35. The lowest BCUT2D eigenvalue weighted by molar-refractivity contribution is -0.752. The molecule has 2 aromatic rings. The topological polar surface area (TPSA) is 150 Å². The molecular weight excluding hydrogens is 294 g/mol. The predicted octanol–water partition coefficient (Wildman–Crippen LogP) is -2.87. The first-order valence-electron chi connectivity index (χ1n) is 6.70. The molecule has 0 bridgehead atoms. The number of hydrogen-bond donors (Lipinski definition) is 5. The highest BCUT2D eigenvalue weighted by atomic mass is 16.6. The van der Waals surface area contributed by atoms with E-state index in [1.54, 1.807) is 7.05 Å². The lowest BCUT2D eigenvalue weighted by Gasteiger charge is -2.24. The Hall–Kier alpha value is -2.01. The number of aryl methyl sites for hydroxylation is 1. The monoisotopic (exact) mass is 312 g/mol. The summed E-state index contributed by atoms with van der Waals surface area (Å²) in [6, 6.07) is 0. The second kappa shape index (κ2) is 4.74. The van der Waals surface area contributed by atoms with Crippen molar-refractivity contribution >= 4 is 17.1 Å². The first kappa shape index (κ1) is 14.9. The van der Waals surface area contributed by atoms with E-state index < -0.39 is 36.2 Å². The summed E-state index contributed by atoms with van der Waals surface area (Å²) in [5.41, 5.74) is 3.92. The summed E-state index contributed by atoms with van der Waals surface area (Å²) < 4.78 is 8.46. The zero-order chi connectivity index (χ0) is 16.2. The number of imidazole rings is 1. The molecule has 0 aliphatic carbocycles. The average Bonchev–Trinajstić information content (AvgIpc) is 2.86. The van der Waals surface area contributed by atoms with E-state index in [2.05, 4.69) is 9.97 Å². The number of fused-ring (bicyclic) bond motifs is 1. The number of nitrogens with two attached hydrogens (primary N) is 1. The Morgan fingerprint density at radius 3 is 2.91 bits per heavy atom. The van der Waals surface area contributed by atoms with Gasteiger partial charge in [0.15, 0.2) is 6.33 Å². The van der Waals surface area contributed by atoms with Crippen molar-refractivity contribution < 1.29 is 24.6 Å². The number of anilines is 1. The third-order valence-electron chi connectivity index (χ3n) is 3.98. The molecule has 0 spiro atoms. The molecule has 4 atom stereocenters. The standard InChI is InChI=1S/C12H17N5O5/c1-12(21)7(19)5(3-18)22-10(12)17-4-16(2)6-8(17)14-11(13)15-9(6)20/h4-5,7,10,18-19,21H,3H2,1-2H3,(H2-,13,14,15,20)/p+1/t5-,7+,10-,12?/m1/s1.